The highest BCUT2D eigenvalue weighted by Gasteiger charge is 2.38. The molecule has 19 heavy (non-hydrogen) atoms. The molecule has 3 heteroatoms. The molecule has 1 aliphatic carbocycles. The predicted octanol–water partition coefficient (Wildman–Crippen LogP) is 2.27. The fourth-order valence-electron chi connectivity index (χ4n) is 3.38. The van der Waals surface area contributed by atoms with E-state index in [0.717, 1.165) is 38.8 Å². The van der Waals surface area contributed by atoms with Gasteiger partial charge in [0, 0.05) is 6.54 Å². The molecular formula is C16H22N2O. The lowest BCUT2D eigenvalue weighted by Gasteiger charge is -2.25. The van der Waals surface area contributed by atoms with E-state index in [1.807, 2.05) is 0 Å². The van der Waals surface area contributed by atoms with E-state index in [4.69, 9.17) is 0 Å². The van der Waals surface area contributed by atoms with Gasteiger partial charge in [-0.25, -0.2) is 0 Å². The number of rotatable bonds is 4. The van der Waals surface area contributed by atoms with Crippen molar-refractivity contribution in [1.29, 1.82) is 0 Å². The Balaban J connectivity index is 1.73. The summed E-state index contributed by atoms with van der Waals surface area (Å²) in [7, 11) is 0. The molecule has 2 atom stereocenters. The van der Waals surface area contributed by atoms with Crippen LogP contribution >= 0.6 is 0 Å². The Bertz CT molecular complexity index is 472. The summed E-state index contributed by atoms with van der Waals surface area (Å²) >= 11 is 0. The third kappa shape index (κ3) is 2.27. The zero-order valence-corrected chi connectivity index (χ0v) is 11.6. The molecule has 1 aromatic carbocycles. The second-order valence-corrected chi connectivity index (χ2v) is 5.58. The van der Waals surface area contributed by atoms with E-state index in [-0.39, 0.29) is 6.04 Å². The normalized spacial score (nSPS) is 25.9. The number of hydrogen-bond donors (Lipinski definition) is 1. The highest BCUT2D eigenvalue weighted by atomic mass is 16.2. The summed E-state index contributed by atoms with van der Waals surface area (Å²) in [5.74, 6) is 0.301. The molecule has 1 heterocycles. The summed E-state index contributed by atoms with van der Waals surface area (Å²) in [6.07, 6.45) is 4.23. The Morgan fingerprint density at radius 2 is 2.16 bits per heavy atom. The van der Waals surface area contributed by atoms with Gasteiger partial charge in [-0.1, -0.05) is 31.2 Å². The molecule has 1 aromatic rings. The van der Waals surface area contributed by atoms with Gasteiger partial charge in [0.15, 0.2) is 0 Å². The number of aryl methyl sites for hydroxylation is 1. The van der Waals surface area contributed by atoms with Crippen LogP contribution in [0.15, 0.2) is 24.3 Å². The minimum atomic E-state index is 0.0488. The zero-order chi connectivity index (χ0) is 13.2. The van der Waals surface area contributed by atoms with Crippen LogP contribution in [-0.2, 0) is 11.2 Å². The molecule has 0 radical (unpaired) electrons. The highest BCUT2D eigenvalue weighted by Crippen LogP contribution is 2.37. The molecule has 3 nitrogen and oxygen atoms in total. The smallest absolute Gasteiger partial charge is 0.240 e. The Hall–Kier alpha value is -1.35. The number of fused-ring (bicyclic) bond motifs is 1. The van der Waals surface area contributed by atoms with E-state index in [2.05, 4.69) is 41.4 Å². The maximum atomic E-state index is 12.5. The van der Waals surface area contributed by atoms with Crippen molar-refractivity contribution in [2.75, 3.05) is 13.1 Å². The average Bonchev–Trinajstić information content (AvgIpc) is 3.00. The van der Waals surface area contributed by atoms with E-state index >= 15 is 0 Å². The molecule has 1 N–H and O–H groups in total. The van der Waals surface area contributed by atoms with Gasteiger partial charge in [-0.05, 0) is 43.4 Å². The SMILES string of the molecule is CCCNC1CCN(C2CCc3ccccc32)C1=O. The van der Waals surface area contributed by atoms with E-state index in [1.54, 1.807) is 0 Å². The summed E-state index contributed by atoms with van der Waals surface area (Å²) in [4.78, 5) is 14.6. The topological polar surface area (TPSA) is 32.3 Å². The number of nitrogens with zero attached hydrogens (tertiary/aromatic N) is 1. The lowest BCUT2D eigenvalue weighted by molar-refractivity contribution is -0.131. The van der Waals surface area contributed by atoms with E-state index in [1.165, 1.54) is 11.1 Å². The van der Waals surface area contributed by atoms with Crippen LogP contribution < -0.4 is 5.32 Å². The van der Waals surface area contributed by atoms with Crippen molar-refractivity contribution in [2.45, 2.75) is 44.7 Å². The van der Waals surface area contributed by atoms with Gasteiger partial charge >= 0.3 is 0 Å². The average molecular weight is 258 g/mol. The van der Waals surface area contributed by atoms with Crippen LogP contribution in [0.2, 0.25) is 0 Å². The highest BCUT2D eigenvalue weighted by molar-refractivity contribution is 5.84. The van der Waals surface area contributed by atoms with Crippen molar-refractivity contribution in [3.63, 3.8) is 0 Å². The van der Waals surface area contributed by atoms with E-state index < -0.39 is 0 Å². The van der Waals surface area contributed by atoms with Crippen LogP contribution in [0.25, 0.3) is 0 Å². The fourth-order valence-corrected chi connectivity index (χ4v) is 3.38. The molecule has 2 unspecified atom stereocenters. The van der Waals surface area contributed by atoms with E-state index in [9.17, 15) is 4.79 Å². The van der Waals surface area contributed by atoms with Crippen LogP contribution in [0.5, 0.6) is 0 Å². The van der Waals surface area contributed by atoms with Gasteiger partial charge in [0.1, 0.15) is 0 Å². The number of benzene rings is 1. The molecule has 3 rings (SSSR count). The Kier molecular flexibility index (Phi) is 3.56. The Morgan fingerprint density at radius 3 is 3.00 bits per heavy atom. The van der Waals surface area contributed by atoms with Gasteiger partial charge in [0.25, 0.3) is 0 Å². The van der Waals surface area contributed by atoms with Crippen molar-refractivity contribution >= 4 is 5.91 Å². The zero-order valence-electron chi connectivity index (χ0n) is 11.6. The number of nitrogens with one attached hydrogen (secondary N) is 1. The van der Waals surface area contributed by atoms with Crippen LogP contribution in [0.4, 0.5) is 0 Å². The quantitative estimate of drug-likeness (QED) is 0.898. The minimum absolute atomic E-state index is 0.0488. The number of amides is 1. The maximum absolute atomic E-state index is 12.5. The molecular weight excluding hydrogens is 236 g/mol. The lowest BCUT2D eigenvalue weighted by atomic mass is 10.1. The Labute approximate surface area is 115 Å². The lowest BCUT2D eigenvalue weighted by Crippen LogP contribution is -2.39. The molecule has 0 spiro atoms. The molecule has 1 aliphatic heterocycles. The number of carbonyl (C=O) groups excluding carboxylic acids is 1. The van der Waals surface area contributed by atoms with Crippen molar-refractivity contribution in [3.05, 3.63) is 35.4 Å². The fraction of sp³-hybridized carbons (Fsp3) is 0.562. The van der Waals surface area contributed by atoms with Gasteiger partial charge in [-0.3, -0.25) is 4.79 Å². The second-order valence-electron chi connectivity index (χ2n) is 5.58. The second kappa shape index (κ2) is 5.33. The van der Waals surface area contributed by atoms with Crippen LogP contribution in [0.3, 0.4) is 0 Å². The standard InChI is InChI=1S/C16H22N2O/c1-2-10-17-14-9-11-18(16(14)19)15-8-7-12-5-3-4-6-13(12)15/h3-6,14-15,17H,2,7-11H2,1H3. The maximum Gasteiger partial charge on any atom is 0.240 e. The molecule has 102 valence electrons. The molecule has 1 fully saturated rings. The third-order valence-electron chi connectivity index (χ3n) is 4.36. The van der Waals surface area contributed by atoms with Gasteiger partial charge in [0.2, 0.25) is 5.91 Å². The predicted molar refractivity (Wildman–Crippen MR) is 75.9 cm³/mol. The van der Waals surface area contributed by atoms with E-state index in [0.29, 0.717) is 11.9 Å². The first-order chi connectivity index (χ1) is 9.31. The van der Waals surface area contributed by atoms with Gasteiger partial charge in [0.05, 0.1) is 12.1 Å². The number of carbonyl (C=O) groups is 1. The summed E-state index contributed by atoms with van der Waals surface area (Å²) < 4.78 is 0. The Morgan fingerprint density at radius 1 is 1.32 bits per heavy atom. The number of hydrogen-bond acceptors (Lipinski definition) is 2. The van der Waals surface area contributed by atoms with Crippen LogP contribution in [0, 0.1) is 0 Å². The van der Waals surface area contributed by atoms with Gasteiger partial charge < -0.3 is 10.2 Å². The molecule has 0 bridgehead atoms. The van der Waals surface area contributed by atoms with Gasteiger partial charge in [-0.2, -0.15) is 0 Å². The van der Waals surface area contributed by atoms with Crippen LogP contribution in [0.1, 0.15) is 43.4 Å². The first kappa shape index (κ1) is 12.7. The summed E-state index contributed by atoms with van der Waals surface area (Å²) in [5.41, 5.74) is 2.79. The van der Waals surface area contributed by atoms with Crippen molar-refractivity contribution in [2.24, 2.45) is 0 Å². The molecule has 0 saturated carbocycles. The van der Waals surface area contributed by atoms with Crippen molar-refractivity contribution in [3.8, 4) is 0 Å². The first-order valence-electron chi connectivity index (χ1n) is 7.43. The number of likely N-dealkylation sites (tertiary alicyclic amines) is 1. The van der Waals surface area contributed by atoms with Crippen molar-refractivity contribution < 1.29 is 4.79 Å². The summed E-state index contributed by atoms with van der Waals surface area (Å²) in [6.45, 7) is 3.97. The first-order valence-corrected chi connectivity index (χ1v) is 7.43. The van der Waals surface area contributed by atoms with Crippen LogP contribution in [-0.4, -0.2) is 29.9 Å². The summed E-state index contributed by atoms with van der Waals surface area (Å²) in [5, 5.41) is 3.37. The minimum Gasteiger partial charge on any atom is -0.334 e. The largest absolute Gasteiger partial charge is 0.334 e. The summed E-state index contributed by atoms with van der Waals surface area (Å²) in [6, 6.07) is 8.93. The van der Waals surface area contributed by atoms with Gasteiger partial charge in [-0.15, -0.1) is 0 Å². The molecule has 1 amide bonds. The van der Waals surface area contributed by atoms with Crippen molar-refractivity contribution in [1.82, 2.24) is 10.2 Å². The third-order valence-corrected chi connectivity index (χ3v) is 4.36. The monoisotopic (exact) mass is 258 g/mol. The molecule has 2 aliphatic rings. The molecule has 1 saturated heterocycles. The molecule has 0 aromatic heterocycles.